The lowest BCUT2D eigenvalue weighted by Crippen LogP contribution is -2.42. The summed E-state index contributed by atoms with van der Waals surface area (Å²) in [7, 11) is 0. The molecule has 1 aromatic rings. The molecule has 0 amide bonds. The normalized spacial score (nSPS) is 23.8. The fraction of sp³-hybridized carbons (Fsp3) is 0.533. The van der Waals surface area contributed by atoms with Crippen LogP contribution in [0.15, 0.2) is 18.2 Å². The van der Waals surface area contributed by atoms with E-state index in [-0.39, 0.29) is 0 Å². The van der Waals surface area contributed by atoms with E-state index in [0.717, 1.165) is 30.8 Å². The van der Waals surface area contributed by atoms with Gasteiger partial charge >= 0.3 is 0 Å². The molecule has 0 saturated carbocycles. The van der Waals surface area contributed by atoms with Gasteiger partial charge in [-0.15, -0.1) is 0 Å². The Balaban J connectivity index is 2.17. The van der Waals surface area contributed by atoms with Crippen LogP contribution in [0.25, 0.3) is 0 Å². The SMILES string of the molecule is Cc1cc(N2CCC(C)C(CN)C2)ccc1C#N. The van der Waals surface area contributed by atoms with Crippen molar-refractivity contribution in [3.63, 3.8) is 0 Å². The number of benzene rings is 1. The van der Waals surface area contributed by atoms with Crippen molar-refractivity contribution in [1.82, 2.24) is 0 Å². The molecular formula is C15H21N3. The van der Waals surface area contributed by atoms with Gasteiger partial charge in [-0.2, -0.15) is 5.26 Å². The highest BCUT2D eigenvalue weighted by Crippen LogP contribution is 2.27. The smallest absolute Gasteiger partial charge is 0.0994 e. The first-order valence-corrected chi connectivity index (χ1v) is 6.61. The minimum atomic E-state index is 0.578. The molecule has 0 radical (unpaired) electrons. The highest BCUT2D eigenvalue weighted by molar-refractivity contribution is 5.53. The van der Waals surface area contributed by atoms with Crippen LogP contribution in [0.1, 0.15) is 24.5 Å². The maximum absolute atomic E-state index is 8.95. The van der Waals surface area contributed by atoms with Crippen LogP contribution in [0, 0.1) is 30.1 Å². The molecule has 3 nitrogen and oxygen atoms in total. The Hall–Kier alpha value is -1.53. The highest BCUT2D eigenvalue weighted by atomic mass is 15.1. The van der Waals surface area contributed by atoms with E-state index in [1.807, 2.05) is 13.0 Å². The van der Waals surface area contributed by atoms with Crippen LogP contribution in [0.3, 0.4) is 0 Å². The van der Waals surface area contributed by atoms with Gasteiger partial charge in [0.25, 0.3) is 0 Å². The topological polar surface area (TPSA) is 53.0 Å². The molecule has 0 bridgehead atoms. The summed E-state index contributed by atoms with van der Waals surface area (Å²) in [5.74, 6) is 1.29. The lowest BCUT2D eigenvalue weighted by molar-refractivity contribution is 0.308. The number of nitrogens with zero attached hydrogens (tertiary/aromatic N) is 2. The number of hydrogen-bond acceptors (Lipinski definition) is 3. The highest BCUT2D eigenvalue weighted by Gasteiger charge is 2.25. The van der Waals surface area contributed by atoms with Crippen molar-refractivity contribution < 1.29 is 0 Å². The molecule has 1 fully saturated rings. The van der Waals surface area contributed by atoms with Crippen LogP contribution in [0.2, 0.25) is 0 Å². The van der Waals surface area contributed by atoms with Gasteiger partial charge in [0.05, 0.1) is 11.6 Å². The van der Waals surface area contributed by atoms with E-state index in [0.29, 0.717) is 11.8 Å². The Morgan fingerprint density at radius 2 is 2.28 bits per heavy atom. The second-order valence-corrected chi connectivity index (χ2v) is 5.32. The van der Waals surface area contributed by atoms with Crippen LogP contribution in [-0.4, -0.2) is 19.6 Å². The zero-order valence-corrected chi connectivity index (χ0v) is 11.2. The lowest BCUT2D eigenvalue weighted by atomic mass is 9.87. The summed E-state index contributed by atoms with van der Waals surface area (Å²) in [5.41, 5.74) is 8.88. The molecule has 1 saturated heterocycles. The number of aryl methyl sites for hydroxylation is 1. The molecule has 1 heterocycles. The molecule has 0 spiro atoms. The third-order valence-electron chi connectivity index (χ3n) is 4.11. The van der Waals surface area contributed by atoms with Crippen LogP contribution in [0.5, 0.6) is 0 Å². The maximum Gasteiger partial charge on any atom is 0.0994 e. The number of piperidine rings is 1. The number of nitrogens with two attached hydrogens (primary N) is 1. The molecule has 2 rings (SSSR count). The summed E-state index contributed by atoms with van der Waals surface area (Å²) in [6.07, 6.45) is 1.20. The summed E-state index contributed by atoms with van der Waals surface area (Å²) in [5, 5.41) is 8.95. The summed E-state index contributed by atoms with van der Waals surface area (Å²) in [6, 6.07) is 8.29. The van der Waals surface area contributed by atoms with Crippen molar-refractivity contribution in [2.45, 2.75) is 20.3 Å². The van der Waals surface area contributed by atoms with Crippen molar-refractivity contribution in [2.75, 3.05) is 24.5 Å². The summed E-state index contributed by atoms with van der Waals surface area (Å²) >= 11 is 0. The lowest BCUT2D eigenvalue weighted by Gasteiger charge is -2.38. The molecule has 0 aromatic heterocycles. The quantitative estimate of drug-likeness (QED) is 0.867. The second-order valence-electron chi connectivity index (χ2n) is 5.32. The van der Waals surface area contributed by atoms with Crippen molar-refractivity contribution >= 4 is 5.69 Å². The molecule has 1 aromatic carbocycles. The second kappa shape index (κ2) is 5.41. The minimum absolute atomic E-state index is 0.578. The Kier molecular flexibility index (Phi) is 3.88. The van der Waals surface area contributed by atoms with Crippen molar-refractivity contribution in [1.29, 1.82) is 5.26 Å². The molecule has 1 aliphatic heterocycles. The third-order valence-corrected chi connectivity index (χ3v) is 4.11. The summed E-state index contributed by atoms with van der Waals surface area (Å²) in [6.45, 7) is 7.16. The van der Waals surface area contributed by atoms with Gasteiger partial charge < -0.3 is 10.6 Å². The van der Waals surface area contributed by atoms with Crippen LogP contribution in [-0.2, 0) is 0 Å². The van der Waals surface area contributed by atoms with E-state index in [4.69, 9.17) is 11.0 Å². The van der Waals surface area contributed by atoms with Gasteiger partial charge in [-0.05, 0) is 55.5 Å². The predicted octanol–water partition coefficient (Wildman–Crippen LogP) is 2.29. The van der Waals surface area contributed by atoms with Crippen molar-refractivity contribution in [2.24, 2.45) is 17.6 Å². The fourth-order valence-corrected chi connectivity index (χ4v) is 2.66. The van der Waals surface area contributed by atoms with Gasteiger partial charge in [0, 0.05) is 18.8 Å². The molecule has 2 N–H and O–H groups in total. The fourth-order valence-electron chi connectivity index (χ4n) is 2.66. The van der Waals surface area contributed by atoms with E-state index in [9.17, 15) is 0 Å². The maximum atomic E-state index is 8.95. The standard InChI is InChI=1S/C15H21N3/c1-11-5-6-18(10-14(11)9-17)15-4-3-13(8-16)12(2)7-15/h3-4,7,11,14H,5-6,9-10,17H2,1-2H3. The number of hydrogen-bond donors (Lipinski definition) is 1. The van der Waals surface area contributed by atoms with Crippen molar-refractivity contribution in [3.05, 3.63) is 29.3 Å². The van der Waals surface area contributed by atoms with E-state index in [1.54, 1.807) is 0 Å². The first-order chi connectivity index (χ1) is 8.65. The average Bonchev–Trinajstić information content (AvgIpc) is 2.39. The molecule has 3 heteroatoms. The van der Waals surface area contributed by atoms with Gasteiger partial charge in [0.2, 0.25) is 0 Å². The van der Waals surface area contributed by atoms with E-state index in [2.05, 4.69) is 30.0 Å². The summed E-state index contributed by atoms with van der Waals surface area (Å²) in [4.78, 5) is 2.39. The Bertz CT molecular complexity index is 461. The molecule has 2 atom stereocenters. The van der Waals surface area contributed by atoms with Gasteiger partial charge in [-0.25, -0.2) is 0 Å². The van der Waals surface area contributed by atoms with Crippen LogP contribution < -0.4 is 10.6 Å². The Labute approximate surface area is 109 Å². The van der Waals surface area contributed by atoms with Gasteiger partial charge in [-0.1, -0.05) is 6.92 Å². The predicted molar refractivity (Wildman–Crippen MR) is 74.4 cm³/mol. The largest absolute Gasteiger partial charge is 0.371 e. The van der Waals surface area contributed by atoms with Crippen molar-refractivity contribution in [3.8, 4) is 6.07 Å². The third kappa shape index (κ3) is 2.49. The summed E-state index contributed by atoms with van der Waals surface area (Å²) < 4.78 is 0. The minimum Gasteiger partial charge on any atom is -0.371 e. The number of anilines is 1. The van der Waals surface area contributed by atoms with Gasteiger partial charge in [-0.3, -0.25) is 0 Å². The number of rotatable bonds is 2. The first-order valence-electron chi connectivity index (χ1n) is 6.61. The zero-order valence-electron chi connectivity index (χ0n) is 11.2. The Morgan fingerprint density at radius 3 is 2.89 bits per heavy atom. The molecular weight excluding hydrogens is 222 g/mol. The van der Waals surface area contributed by atoms with Crippen LogP contribution >= 0.6 is 0 Å². The average molecular weight is 243 g/mol. The molecule has 96 valence electrons. The zero-order chi connectivity index (χ0) is 13.1. The van der Waals surface area contributed by atoms with E-state index >= 15 is 0 Å². The first kappa shape index (κ1) is 12.9. The van der Waals surface area contributed by atoms with Gasteiger partial charge in [0.1, 0.15) is 0 Å². The molecule has 0 aliphatic carbocycles. The van der Waals surface area contributed by atoms with E-state index < -0.39 is 0 Å². The van der Waals surface area contributed by atoms with Gasteiger partial charge in [0.15, 0.2) is 0 Å². The monoisotopic (exact) mass is 243 g/mol. The molecule has 2 unspecified atom stereocenters. The number of nitriles is 1. The molecule has 1 aliphatic rings. The van der Waals surface area contributed by atoms with E-state index in [1.165, 1.54) is 12.1 Å². The van der Waals surface area contributed by atoms with Crippen LogP contribution in [0.4, 0.5) is 5.69 Å². The Morgan fingerprint density at radius 1 is 1.50 bits per heavy atom. The molecule has 18 heavy (non-hydrogen) atoms.